The molecule has 0 saturated carbocycles. The van der Waals surface area contributed by atoms with Crippen molar-refractivity contribution < 1.29 is 23.9 Å². The van der Waals surface area contributed by atoms with Gasteiger partial charge in [0.2, 0.25) is 0 Å². The fourth-order valence-electron chi connectivity index (χ4n) is 3.95. The first-order chi connectivity index (χ1) is 17.3. The largest absolute Gasteiger partial charge is 0.494 e. The predicted octanol–water partition coefficient (Wildman–Crippen LogP) is 5.34. The maximum absolute atomic E-state index is 13.1. The molecule has 7 nitrogen and oxygen atoms in total. The van der Waals surface area contributed by atoms with Crippen LogP contribution < -0.4 is 19.7 Å². The van der Waals surface area contributed by atoms with Gasteiger partial charge in [-0.25, -0.2) is 9.69 Å². The van der Waals surface area contributed by atoms with Gasteiger partial charge in [0.25, 0.3) is 11.8 Å². The van der Waals surface area contributed by atoms with Crippen molar-refractivity contribution in [3.63, 3.8) is 0 Å². The maximum Gasteiger partial charge on any atom is 0.335 e. The van der Waals surface area contributed by atoms with Gasteiger partial charge in [-0.2, -0.15) is 0 Å². The standard InChI is InChI=1S/C29H28N2O5/c1-4-13-35-24-11-7-23(8-12-24)31-28(33)26(27(32)30-29(31)34)17-21-5-9-25(10-6-21)36-18-22-15-19(2)14-20(3)16-22/h5-12,14-17H,4,13,18H2,1-3H3,(H,30,32,34)/b26-17-. The molecule has 36 heavy (non-hydrogen) atoms. The van der Waals surface area contributed by atoms with E-state index in [4.69, 9.17) is 9.47 Å². The van der Waals surface area contributed by atoms with Crippen LogP contribution in [0, 0.1) is 13.8 Å². The maximum atomic E-state index is 13.1. The van der Waals surface area contributed by atoms with Crippen molar-refractivity contribution in [2.45, 2.75) is 33.8 Å². The number of nitrogens with one attached hydrogen (secondary N) is 1. The van der Waals surface area contributed by atoms with Crippen LogP contribution in [0.4, 0.5) is 10.5 Å². The summed E-state index contributed by atoms with van der Waals surface area (Å²) in [7, 11) is 0. The van der Waals surface area contributed by atoms with E-state index in [-0.39, 0.29) is 5.57 Å². The first kappa shape index (κ1) is 24.7. The second kappa shape index (κ2) is 10.9. The molecular weight excluding hydrogens is 456 g/mol. The lowest BCUT2D eigenvalue weighted by Gasteiger charge is -2.26. The van der Waals surface area contributed by atoms with Crippen LogP contribution in [0.25, 0.3) is 6.08 Å². The van der Waals surface area contributed by atoms with Crippen molar-refractivity contribution >= 4 is 29.6 Å². The second-order valence-corrected chi connectivity index (χ2v) is 8.65. The fourth-order valence-corrected chi connectivity index (χ4v) is 3.95. The molecule has 0 unspecified atom stereocenters. The summed E-state index contributed by atoms with van der Waals surface area (Å²) in [4.78, 5) is 39.0. The lowest BCUT2D eigenvalue weighted by Crippen LogP contribution is -2.54. The van der Waals surface area contributed by atoms with Crippen molar-refractivity contribution in [1.82, 2.24) is 5.32 Å². The van der Waals surface area contributed by atoms with Crippen LogP contribution in [-0.4, -0.2) is 24.5 Å². The van der Waals surface area contributed by atoms with E-state index in [1.807, 2.05) is 20.8 Å². The Labute approximate surface area is 210 Å². The van der Waals surface area contributed by atoms with Gasteiger partial charge in [0, 0.05) is 0 Å². The molecule has 184 valence electrons. The van der Waals surface area contributed by atoms with Crippen molar-refractivity contribution in [3.05, 3.63) is 94.6 Å². The van der Waals surface area contributed by atoms with E-state index in [2.05, 4.69) is 23.5 Å². The lowest BCUT2D eigenvalue weighted by molar-refractivity contribution is -0.122. The first-order valence-electron chi connectivity index (χ1n) is 11.8. The summed E-state index contributed by atoms with van der Waals surface area (Å²) in [5.74, 6) is -0.129. The van der Waals surface area contributed by atoms with Crippen LogP contribution in [0.5, 0.6) is 11.5 Å². The molecule has 1 N–H and O–H groups in total. The Kier molecular flexibility index (Phi) is 7.49. The Morgan fingerprint density at radius 2 is 1.44 bits per heavy atom. The molecule has 1 heterocycles. The Bertz CT molecular complexity index is 1290. The minimum atomic E-state index is -0.792. The third-order valence-electron chi connectivity index (χ3n) is 5.55. The van der Waals surface area contributed by atoms with Gasteiger partial charge in [-0.15, -0.1) is 0 Å². The number of rotatable bonds is 8. The number of carbonyl (C=O) groups is 3. The number of barbiturate groups is 1. The van der Waals surface area contributed by atoms with E-state index in [0.717, 1.165) is 16.9 Å². The Morgan fingerprint density at radius 3 is 2.08 bits per heavy atom. The topological polar surface area (TPSA) is 84.9 Å². The van der Waals surface area contributed by atoms with E-state index in [1.165, 1.54) is 17.2 Å². The van der Waals surface area contributed by atoms with Crippen molar-refractivity contribution in [2.24, 2.45) is 0 Å². The van der Waals surface area contributed by atoms with Gasteiger partial charge in [-0.05, 0) is 73.9 Å². The van der Waals surface area contributed by atoms with E-state index < -0.39 is 17.8 Å². The zero-order valence-corrected chi connectivity index (χ0v) is 20.5. The zero-order chi connectivity index (χ0) is 25.7. The Hall–Kier alpha value is -4.39. The normalized spacial score (nSPS) is 14.7. The SMILES string of the molecule is CCCOc1ccc(N2C(=O)NC(=O)/C(=C/c3ccc(OCc4cc(C)cc(C)c4)cc3)C2=O)cc1. The molecule has 1 aliphatic rings. The van der Waals surface area contributed by atoms with E-state index >= 15 is 0 Å². The van der Waals surface area contributed by atoms with E-state index in [1.54, 1.807) is 48.5 Å². The van der Waals surface area contributed by atoms with Crippen molar-refractivity contribution in [2.75, 3.05) is 11.5 Å². The minimum Gasteiger partial charge on any atom is -0.494 e. The molecule has 4 amide bonds. The number of hydrogen-bond donors (Lipinski definition) is 1. The molecule has 4 rings (SSSR count). The fraction of sp³-hybridized carbons (Fsp3) is 0.207. The number of carbonyl (C=O) groups excluding carboxylic acids is 3. The summed E-state index contributed by atoms with van der Waals surface area (Å²) in [6.45, 7) is 7.10. The number of nitrogens with zero attached hydrogens (tertiary/aromatic N) is 1. The van der Waals surface area contributed by atoms with Gasteiger partial charge in [-0.3, -0.25) is 14.9 Å². The van der Waals surface area contributed by atoms with Crippen LogP contribution in [0.3, 0.4) is 0 Å². The first-order valence-corrected chi connectivity index (χ1v) is 11.8. The highest BCUT2D eigenvalue weighted by Crippen LogP contribution is 2.25. The summed E-state index contributed by atoms with van der Waals surface area (Å²) in [6.07, 6.45) is 2.33. The summed E-state index contributed by atoms with van der Waals surface area (Å²) < 4.78 is 11.4. The zero-order valence-electron chi connectivity index (χ0n) is 20.5. The molecule has 0 aromatic heterocycles. The summed E-state index contributed by atoms with van der Waals surface area (Å²) in [5.41, 5.74) is 4.28. The number of amides is 4. The van der Waals surface area contributed by atoms with Gasteiger partial charge in [-0.1, -0.05) is 48.4 Å². The van der Waals surface area contributed by atoms with Crippen molar-refractivity contribution in [3.8, 4) is 11.5 Å². The lowest BCUT2D eigenvalue weighted by atomic mass is 10.1. The quantitative estimate of drug-likeness (QED) is 0.345. The highest BCUT2D eigenvalue weighted by Gasteiger charge is 2.36. The molecule has 1 saturated heterocycles. The van der Waals surface area contributed by atoms with Gasteiger partial charge >= 0.3 is 6.03 Å². The molecule has 0 radical (unpaired) electrons. The molecule has 0 spiro atoms. The van der Waals surface area contributed by atoms with Gasteiger partial charge in [0.1, 0.15) is 23.7 Å². The number of hydrogen-bond acceptors (Lipinski definition) is 5. The molecule has 0 atom stereocenters. The molecule has 7 heteroatoms. The smallest absolute Gasteiger partial charge is 0.335 e. The number of anilines is 1. The Morgan fingerprint density at radius 1 is 0.833 bits per heavy atom. The van der Waals surface area contributed by atoms with E-state index in [0.29, 0.717) is 36.0 Å². The highest BCUT2D eigenvalue weighted by molar-refractivity contribution is 6.39. The number of aryl methyl sites for hydroxylation is 2. The molecule has 0 bridgehead atoms. The third kappa shape index (κ3) is 5.81. The molecule has 1 fully saturated rings. The number of imide groups is 2. The minimum absolute atomic E-state index is 0.134. The van der Waals surface area contributed by atoms with Crippen LogP contribution in [-0.2, 0) is 16.2 Å². The van der Waals surface area contributed by atoms with Crippen LogP contribution in [0.15, 0.2) is 72.3 Å². The molecule has 1 aliphatic heterocycles. The Balaban J connectivity index is 1.48. The summed E-state index contributed by atoms with van der Waals surface area (Å²) in [6, 6.07) is 19.1. The average Bonchev–Trinajstić information content (AvgIpc) is 2.85. The average molecular weight is 485 g/mol. The van der Waals surface area contributed by atoms with Crippen LogP contribution >= 0.6 is 0 Å². The van der Waals surface area contributed by atoms with E-state index in [9.17, 15) is 14.4 Å². The number of ether oxygens (including phenoxy) is 2. The second-order valence-electron chi connectivity index (χ2n) is 8.65. The predicted molar refractivity (Wildman–Crippen MR) is 138 cm³/mol. The summed E-state index contributed by atoms with van der Waals surface area (Å²) >= 11 is 0. The molecule has 3 aromatic carbocycles. The molecular formula is C29H28N2O5. The number of benzene rings is 3. The van der Waals surface area contributed by atoms with Crippen LogP contribution in [0.1, 0.15) is 35.6 Å². The number of urea groups is 1. The third-order valence-corrected chi connectivity index (χ3v) is 5.55. The molecule has 3 aromatic rings. The van der Waals surface area contributed by atoms with Gasteiger partial charge in [0.05, 0.1) is 12.3 Å². The highest BCUT2D eigenvalue weighted by atomic mass is 16.5. The van der Waals surface area contributed by atoms with Gasteiger partial charge in [0.15, 0.2) is 0 Å². The van der Waals surface area contributed by atoms with Crippen molar-refractivity contribution in [1.29, 1.82) is 0 Å². The van der Waals surface area contributed by atoms with Gasteiger partial charge < -0.3 is 9.47 Å². The molecule has 0 aliphatic carbocycles. The van der Waals surface area contributed by atoms with Crippen LogP contribution in [0.2, 0.25) is 0 Å². The summed E-state index contributed by atoms with van der Waals surface area (Å²) in [5, 5.41) is 2.24. The monoisotopic (exact) mass is 484 g/mol.